The monoisotopic (exact) mass is 401 g/mol. The molecule has 0 aliphatic heterocycles. The van der Waals surface area contributed by atoms with Crippen LogP contribution >= 0.6 is 27.3 Å². The molecule has 0 bridgehead atoms. The number of halogens is 1. The Hall–Kier alpha value is -1.08. The Bertz CT molecular complexity index is 547. The highest BCUT2D eigenvalue weighted by molar-refractivity contribution is 9.11. The number of hydrogen-bond acceptors (Lipinski definition) is 3. The number of urea groups is 1. The van der Waals surface area contributed by atoms with E-state index in [1.807, 2.05) is 26.0 Å². The van der Waals surface area contributed by atoms with E-state index in [1.165, 1.54) is 0 Å². The topological polar surface area (TPSA) is 70.2 Å². The molecule has 7 heteroatoms. The summed E-state index contributed by atoms with van der Waals surface area (Å²) in [7, 11) is 0. The molecule has 3 amide bonds. The minimum absolute atomic E-state index is 0.00435. The molecule has 5 nitrogen and oxygen atoms in total. The number of nitrogens with one attached hydrogen (secondary N) is 3. The van der Waals surface area contributed by atoms with Crippen LogP contribution in [0.3, 0.4) is 0 Å². The maximum absolute atomic E-state index is 12.1. The third-order valence-corrected chi connectivity index (χ3v) is 5.49. The maximum atomic E-state index is 12.1. The minimum atomic E-state index is -0.163. The normalized spacial score (nSPS) is 21.0. The lowest BCUT2D eigenvalue weighted by atomic mass is 9.85. The summed E-state index contributed by atoms with van der Waals surface area (Å²) >= 11 is 5.02. The lowest BCUT2D eigenvalue weighted by Crippen LogP contribution is -2.46. The first kappa shape index (κ1) is 18.3. The third kappa shape index (κ3) is 6.14. The van der Waals surface area contributed by atoms with Crippen molar-refractivity contribution in [2.45, 2.75) is 58.2 Å². The standard InChI is InChI=1S/C16H24BrN3O2S/c1-10(2)19-15(21)11-4-3-5-12(8-11)20-16(22)18-9-13-6-7-14(17)23-13/h6-7,10-12H,3-5,8-9H2,1-2H3,(H,19,21)(H2,18,20,22). The number of thiophene rings is 1. The van der Waals surface area contributed by atoms with Crippen LogP contribution in [0, 0.1) is 5.92 Å². The van der Waals surface area contributed by atoms with E-state index in [4.69, 9.17) is 0 Å². The summed E-state index contributed by atoms with van der Waals surface area (Å²) in [4.78, 5) is 25.2. The quantitative estimate of drug-likeness (QED) is 0.707. The Kier molecular flexibility index (Phi) is 6.89. The number of hydrogen-bond donors (Lipinski definition) is 3. The molecule has 23 heavy (non-hydrogen) atoms. The predicted octanol–water partition coefficient (Wildman–Crippen LogP) is 3.39. The van der Waals surface area contributed by atoms with Crippen LogP contribution in [0.5, 0.6) is 0 Å². The summed E-state index contributed by atoms with van der Waals surface area (Å²) in [6.07, 6.45) is 3.53. The van der Waals surface area contributed by atoms with Crippen molar-refractivity contribution in [2.24, 2.45) is 5.92 Å². The SMILES string of the molecule is CC(C)NC(=O)C1CCCC(NC(=O)NCc2ccc(Br)s2)C1. The molecule has 2 unspecified atom stereocenters. The molecule has 1 heterocycles. The highest BCUT2D eigenvalue weighted by Crippen LogP contribution is 2.25. The van der Waals surface area contributed by atoms with Gasteiger partial charge in [-0.1, -0.05) is 6.42 Å². The van der Waals surface area contributed by atoms with E-state index in [2.05, 4.69) is 31.9 Å². The van der Waals surface area contributed by atoms with Gasteiger partial charge in [0.2, 0.25) is 5.91 Å². The molecule has 1 aromatic rings. The van der Waals surface area contributed by atoms with Gasteiger partial charge in [0.15, 0.2) is 0 Å². The molecule has 1 fully saturated rings. The van der Waals surface area contributed by atoms with Crippen molar-refractivity contribution in [2.75, 3.05) is 0 Å². The number of carbonyl (C=O) groups excluding carboxylic acids is 2. The summed E-state index contributed by atoms with van der Waals surface area (Å²) in [6, 6.07) is 4.02. The van der Waals surface area contributed by atoms with Crippen molar-refractivity contribution in [1.29, 1.82) is 0 Å². The van der Waals surface area contributed by atoms with Crippen LogP contribution in [0.1, 0.15) is 44.4 Å². The van der Waals surface area contributed by atoms with Crippen LogP contribution in [0.15, 0.2) is 15.9 Å². The lowest BCUT2D eigenvalue weighted by Gasteiger charge is -2.29. The summed E-state index contributed by atoms with van der Waals surface area (Å²) < 4.78 is 1.06. The minimum Gasteiger partial charge on any atom is -0.354 e. The maximum Gasteiger partial charge on any atom is 0.315 e. The fourth-order valence-electron chi connectivity index (χ4n) is 2.81. The second-order valence-corrected chi connectivity index (χ2v) is 8.80. The van der Waals surface area contributed by atoms with Crippen molar-refractivity contribution >= 4 is 39.2 Å². The molecule has 1 aromatic heterocycles. The zero-order valence-electron chi connectivity index (χ0n) is 13.5. The van der Waals surface area contributed by atoms with Crippen LogP contribution < -0.4 is 16.0 Å². The molecular formula is C16H24BrN3O2S. The van der Waals surface area contributed by atoms with E-state index in [1.54, 1.807) is 11.3 Å². The Morgan fingerprint density at radius 3 is 2.78 bits per heavy atom. The first-order valence-corrected chi connectivity index (χ1v) is 9.64. The Morgan fingerprint density at radius 2 is 2.13 bits per heavy atom. The molecule has 1 aliphatic rings. The molecule has 1 saturated carbocycles. The Morgan fingerprint density at radius 1 is 1.35 bits per heavy atom. The van der Waals surface area contributed by atoms with Crippen molar-refractivity contribution in [3.05, 3.63) is 20.8 Å². The van der Waals surface area contributed by atoms with Crippen LogP contribution in [0.4, 0.5) is 4.79 Å². The molecule has 1 aliphatic carbocycles. The van der Waals surface area contributed by atoms with Crippen LogP contribution in [-0.2, 0) is 11.3 Å². The van der Waals surface area contributed by atoms with E-state index in [-0.39, 0.29) is 29.9 Å². The first-order valence-electron chi connectivity index (χ1n) is 8.03. The summed E-state index contributed by atoms with van der Waals surface area (Å²) in [5.74, 6) is 0.111. The van der Waals surface area contributed by atoms with Gasteiger partial charge in [-0.2, -0.15) is 0 Å². The number of amides is 3. The molecule has 2 atom stereocenters. The van der Waals surface area contributed by atoms with E-state index in [9.17, 15) is 9.59 Å². The molecule has 128 valence electrons. The average molecular weight is 402 g/mol. The molecule has 0 spiro atoms. The Labute approximate surface area is 149 Å². The van der Waals surface area contributed by atoms with Crippen molar-refractivity contribution < 1.29 is 9.59 Å². The second-order valence-electron chi connectivity index (χ2n) is 6.26. The zero-order chi connectivity index (χ0) is 16.8. The first-order chi connectivity index (χ1) is 10.9. The fraction of sp³-hybridized carbons (Fsp3) is 0.625. The summed E-state index contributed by atoms with van der Waals surface area (Å²) in [6.45, 7) is 4.45. The zero-order valence-corrected chi connectivity index (χ0v) is 15.9. The Balaban J connectivity index is 1.75. The van der Waals surface area contributed by atoms with Crippen molar-refractivity contribution in [3.8, 4) is 0 Å². The molecule has 3 N–H and O–H groups in total. The van der Waals surface area contributed by atoms with Gasteiger partial charge >= 0.3 is 6.03 Å². The summed E-state index contributed by atoms with van der Waals surface area (Å²) in [5, 5.41) is 8.84. The van der Waals surface area contributed by atoms with Gasteiger partial charge < -0.3 is 16.0 Å². The van der Waals surface area contributed by atoms with Crippen LogP contribution in [-0.4, -0.2) is 24.0 Å². The van der Waals surface area contributed by atoms with E-state index >= 15 is 0 Å². The molecule has 2 rings (SSSR count). The van der Waals surface area contributed by atoms with Gasteiger partial charge in [-0.25, -0.2) is 4.79 Å². The fourth-order valence-corrected chi connectivity index (χ4v) is 4.23. The highest BCUT2D eigenvalue weighted by Gasteiger charge is 2.28. The number of rotatable bonds is 5. The van der Waals surface area contributed by atoms with Crippen molar-refractivity contribution in [3.63, 3.8) is 0 Å². The van der Waals surface area contributed by atoms with Gasteiger partial charge in [0.1, 0.15) is 0 Å². The second kappa shape index (κ2) is 8.68. The van der Waals surface area contributed by atoms with E-state index in [0.717, 1.165) is 34.3 Å². The highest BCUT2D eigenvalue weighted by atomic mass is 79.9. The van der Waals surface area contributed by atoms with Gasteiger partial charge in [-0.15, -0.1) is 11.3 Å². The van der Waals surface area contributed by atoms with Gasteiger partial charge in [0.25, 0.3) is 0 Å². The number of carbonyl (C=O) groups is 2. The lowest BCUT2D eigenvalue weighted by molar-refractivity contribution is -0.126. The van der Waals surface area contributed by atoms with Crippen LogP contribution in [0.25, 0.3) is 0 Å². The summed E-state index contributed by atoms with van der Waals surface area (Å²) in [5.41, 5.74) is 0. The smallest absolute Gasteiger partial charge is 0.315 e. The molecule has 0 aromatic carbocycles. The predicted molar refractivity (Wildman–Crippen MR) is 96.4 cm³/mol. The van der Waals surface area contributed by atoms with E-state index < -0.39 is 0 Å². The third-order valence-electron chi connectivity index (χ3n) is 3.86. The average Bonchev–Trinajstić information content (AvgIpc) is 2.90. The molecular weight excluding hydrogens is 378 g/mol. The van der Waals surface area contributed by atoms with Crippen molar-refractivity contribution in [1.82, 2.24) is 16.0 Å². The van der Waals surface area contributed by atoms with Gasteiger partial charge in [-0.05, 0) is 61.2 Å². The molecule has 0 radical (unpaired) electrons. The van der Waals surface area contributed by atoms with Gasteiger partial charge in [-0.3, -0.25) is 4.79 Å². The van der Waals surface area contributed by atoms with E-state index in [0.29, 0.717) is 6.54 Å². The van der Waals surface area contributed by atoms with Crippen LogP contribution in [0.2, 0.25) is 0 Å². The van der Waals surface area contributed by atoms with Gasteiger partial charge in [0.05, 0.1) is 10.3 Å². The largest absolute Gasteiger partial charge is 0.354 e. The molecule has 0 saturated heterocycles. The van der Waals surface area contributed by atoms with Gasteiger partial charge in [0, 0.05) is 22.9 Å².